The second-order valence-corrected chi connectivity index (χ2v) is 7.69. The monoisotopic (exact) mass is 334 g/mol. The number of hydrogen-bond acceptors (Lipinski definition) is 2. The lowest BCUT2D eigenvalue weighted by Gasteiger charge is -2.31. The van der Waals surface area contributed by atoms with E-state index in [1.807, 2.05) is 0 Å². The highest BCUT2D eigenvalue weighted by Gasteiger charge is 2.24. The fraction of sp³-hybridized carbons (Fsp3) is 0.714. The molecule has 0 aliphatic carbocycles. The van der Waals surface area contributed by atoms with Crippen molar-refractivity contribution in [2.24, 2.45) is 11.8 Å². The number of piperidine rings is 1. The number of likely N-dealkylation sites (tertiary alicyclic amines) is 1. The average molecular weight is 335 g/mol. The normalized spacial score (nSPS) is 25.4. The molecule has 1 aromatic carbocycles. The Morgan fingerprint density at radius 2 is 1.71 bits per heavy atom. The predicted octanol–water partition coefficient (Wildman–Crippen LogP) is 3.16. The number of nitrogens with one attached hydrogen (secondary N) is 1. The van der Waals surface area contributed by atoms with E-state index in [1.54, 1.807) is 4.90 Å². The first kappa shape index (κ1) is 19.3. The van der Waals surface area contributed by atoms with Gasteiger partial charge in [-0.15, -0.1) is 0 Å². The van der Waals surface area contributed by atoms with Crippen molar-refractivity contribution in [3.8, 4) is 5.75 Å². The van der Waals surface area contributed by atoms with Crippen molar-refractivity contribution in [3.63, 3.8) is 0 Å². The van der Waals surface area contributed by atoms with Crippen molar-refractivity contribution in [2.75, 3.05) is 39.5 Å². The number of benzene rings is 1. The van der Waals surface area contributed by atoms with Crippen molar-refractivity contribution in [1.29, 1.82) is 0 Å². The fourth-order valence-corrected chi connectivity index (χ4v) is 3.79. The molecule has 0 spiro atoms. The molecule has 1 heterocycles. The van der Waals surface area contributed by atoms with E-state index in [0.717, 1.165) is 30.7 Å². The van der Waals surface area contributed by atoms with Gasteiger partial charge in [0.05, 0.1) is 26.3 Å². The third kappa shape index (κ3) is 6.45. The van der Waals surface area contributed by atoms with Crippen LogP contribution in [0.3, 0.4) is 0 Å². The summed E-state index contributed by atoms with van der Waals surface area (Å²) in [6.07, 6.45) is 2.55. The maximum absolute atomic E-state index is 5.77. The smallest absolute Gasteiger partial charge is 0.119 e. The van der Waals surface area contributed by atoms with Crippen LogP contribution in [0.5, 0.6) is 5.75 Å². The van der Waals surface area contributed by atoms with E-state index in [9.17, 15) is 0 Å². The van der Waals surface area contributed by atoms with Gasteiger partial charge in [-0.2, -0.15) is 0 Å². The van der Waals surface area contributed by atoms with Crippen LogP contribution in [0.1, 0.15) is 52.0 Å². The van der Waals surface area contributed by atoms with Gasteiger partial charge < -0.3 is 14.4 Å². The van der Waals surface area contributed by atoms with Gasteiger partial charge in [0, 0.05) is 11.8 Å². The SMILES string of the molecule is CC[C@H](C)c1ccc(OCCOCC[NH+]2C[C@@H](C)C[C@H](C)C2)cc1. The van der Waals surface area contributed by atoms with Gasteiger partial charge in [-0.25, -0.2) is 0 Å². The molecular weight excluding hydrogens is 298 g/mol. The molecule has 2 rings (SSSR count). The van der Waals surface area contributed by atoms with E-state index in [0.29, 0.717) is 19.1 Å². The van der Waals surface area contributed by atoms with E-state index in [4.69, 9.17) is 9.47 Å². The van der Waals surface area contributed by atoms with Crippen LogP contribution in [-0.2, 0) is 4.74 Å². The van der Waals surface area contributed by atoms with Crippen molar-refractivity contribution in [3.05, 3.63) is 29.8 Å². The van der Waals surface area contributed by atoms with Gasteiger partial charge in [-0.1, -0.05) is 39.8 Å². The van der Waals surface area contributed by atoms with Crippen molar-refractivity contribution >= 4 is 0 Å². The Hall–Kier alpha value is -1.06. The summed E-state index contributed by atoms with van der Waals surface area (Å²) in [5.74, 6) is 3.26. The zero-order valence-electron chi connectivity index (χ0n) is 16.0. The summed E-state index contributed by atoms with van der Waals surface area (Å²) in [6.45, 7) is 15.1. The second-order valence-electron chi connectivity index (χ2n) is 7.69. The lowest BCUT2D eigenvalue weighted by atomic mass is 9.92. The molecule has 1 aliphatic heterocycles. The van der Waals surface area contributed by atoms with E-state index in [1.165, 1.54) is 31.5 Å². The molecule has 0 aromatic heterocycles. The summed E-state index contributed by atoms with van der Waals surface area (Å²) in [6, 6.07) is 8.49. The largest absolute Gasteiger partial charge is 0.491 e. The Bertz CT molecular complexity index is 449. The number of quaternary nitrogens is 1. The highest BCUT2D eigenvalue weighted by Crippen LogP contribution is 2.21. The quantitative estimate of drug-likeness (QED) is 0.701. The third-order valence-electron chi connectivity index (χ3n) is 5.24. The Balaban J connectivity index is 1.56. The summed E-state index contributed by atoms with van der Waals surface area (Å²) in [5, 5.41) is 0. The number of ether oxygens (including phenoxy) is 2. The first-order valence-electron chi connectivity index (χ1n) is 9.72. The van der Waals surface area contributed by atoms with Gasteiger partial charge in [-0.05, 0) is 36.5 Å². The van der Waals surface area contributed by atoms with Gasteiger partial charge in [0.15, 0.2) is 0 Å². The summed E-state index contributed by atoms with van der Waals surface area (Å²) < 4.78 is 11.5. The van der Waals surface area contributed by atoms with Gasteiger partial charge >= 0.3 is 0 Å². The molecule has 0 radical (unpaired) electrons. The van der Waals surface area contributed by atoms with Crippen LogP contribution in [0.25, 0.3) is 0 Å². The van der Waals surface area contributed by atoms with Gasteiger partial charge in [-0.3, -0.25) is 0 Å². The lowest BCUT2D eigenvalue weighted by molar-refractivity contribution is -0.912. The molecule has 3 atom stereocenters. The second kappa shape index (κ2) is 10.0. The topological polar surface area (TPSA) is 22.9 Å². The summed E-state index contributed by atoms with van der Waals surface area (Å²) in [7, 11) is 0. The Labute approximate surface area is 148 Å². The van der Waals surface area contributed by atoms with E-state index >= 15 is 0 Å². The third-order valence-corrected chi connectivity index (χ3v) is 5.24. The van der Waals surface area contributed by atoms with Crippen LogP contribution in [0.2, 0.25) is 0 Å². The molecule has 1 N–H and O–H groups in total. The minimum Gasteiger partial charge on any atom is -0.491 e. The molecule has 136 valence electrons. The van der Waals surface area contributed by atoms with Crippen LogP contribution >= 0.6 is 0 Å². The van der Waals surface area contributed by atoms with E-state index in [-0.39, 0.29) is 0 Å². The maximum Gasteiger partial charge on any atom is 0.119 e. The number of hydrogen-bond donors (Lipinski definition) is 1. The van der Waals surface area contributed by atoms with Crippen molar-refractivity contribution < 1.29 is 14.4 Å². The van der Waals surface area contributed by atoms with Crippen LogP contribution in [0, 0.1) is 11.8 Å². The highest BCUT2D eigenvalue weighted by molar-refractivity contribution is 5.29. The first-order valence-corrected chi connectivity index (χ1v) is 9.72. The Morgan fingerprint density at radius 3 is 2.33 bits per heavy atom. The zero-order valence-corrected chi connectivity index (χ0v) is 16.0. The molecule has 0 bridgehead atoms. The summed E-state index contributed by atoms with van der Waals surface area (Å²) in [4.78, 5) is 1.70. The minimum absolute atomic E-state index is 0.616. The lowest BCUT2D eigenvalue weighted by Crippen LogP contribution is -3.14. The molecular formula is C21H36NO2+. The Kier molecular flexibility index (Phi) is 8.07. The zero-order chi connectivity index (χ0) is 17.4. The minimum atomic E-state index is 0.616. The molecule has 1 saturated heterocycles. The van der Waals surface area contributed by atoms with Crippen molar-refractivity contribution in [2.45, 2.75) is 46.5 Å². The molecule has 0 amide bonds. The maximum atomic E-state index is 5.77. The van der Waals surface area contributed by atoms with Gasteiger partial charge in [0.2, 0.25) is 0 Å². The predicted molar refractivity (Wildman–Crippen MR) is 100.0 cm³/mol. The molecule has 1 fully saturated rings. The standard InChI is InChI=1S/C21H35NO2/c1-5-19(4)20-6-8-21(9-7-20)24-13-12-23-11-10-22-15-17(2)14-18(3)16-22/h6-9,17-19H,5,10-16H2,1-4H3/p+1/t17-,18-,19-/m0/s1. The fourth-order valence-electron chi connectivity index (χ4n) is 3.79. The number of rotatable bonds is 9. The summed E-state index contributed by atoms with van der Waals surface area (Å²) >= 11 is 0. The van der Waals surface area contributed by atoms with Crippen LogP contribution < -0.4 is 9.64 Å². The molecule has 3 nitrogen and oxygen atoms in total. The van der Waals surface area contributed by atoms with Crippen molar-refractivity contribution in [1.82, 2.24) is 0 Å². The molecule has 1 aromatic rings. The molecule has 0 unspecified atom stereocenters. The van der Waals surface area contributed by atoms with Crippen LogP contribution in [-0.4, -0.2) is 39.5 Å². The van der Waals surface area contributed by atoms with Crippen LogP contribution in [0.15, 0.2) is 24.3 Å². The summed E-state index contributed by atoms with van der Waals surface area (Å²) in [5.41, 5.74) is 1.38. The van der Waals surface area contributed by atoms with Gasteiger partial charge in [0.25, 0.3) is 0 Å². The molecule has 24 heavy (non-hydrogen) atoms. The van der Waals surface area contributed by atoms with E-state index in [2.05, 4.69) is 52.0 Å². The van der Waals surface area contributed by atoms with Crippen LogP contribution in [0.4, 0.5) is 0 Å². The average Bonchev–Trinajstić information content (AvgIpc) is 2.57. The van der Waals surface area contributed by atoms with E-state index < -0.39 is 0 Å². The highest BCUT2D eigenvalue weighted by atomic mass is 16.5. The Morgan fingerprint density at radius 1 is 1.04 bits per heavy atom. The first-order chi connectivity index (χ1) is 11.6. The molecule has 0 saturated carbocycles. The molecule has 3 heteroatoms. The molecule has 1 aliphatic rings. The van der Waals surface area contributed by atoms with Gasteiger partial charge in [0.1, 0.15) is 18.9 Å².